The van der Waals surface area contributed by atoms with Gasteiger partial charge in [0.05, 0.1) is 4.92 Å². The minimum Gasteiger partial charge on any atom is -0.457 e. The third-order valence-corrected chi connectivity index (χ3v) is 3.92. The van der Waals surface area contributed by atoms with Gasteiger partial charge in [0.2, 0.25) is 5.78 Å². The van der Waals surface area contributed by atoms with Crippen LogP contribution in [0, 0.1) is 28.4 Å². The van der Waals surface area contributed by atoms with Crippen molar-refractivity contribution in [2.24, 2.45) is 0 Å². The lowest BCUT2D eigenvalue weighted by atomic mass is 10.0. The molecule has 2 aromatic carbocycles. The maximum absolute atomic E-state index is 12.5. The number of benzene rings is 2. The van der Waals surface area contributed by atoms with Crippen molar-refractivity contribution in [1.82, 2.24) is 0 Å². The molecule has 0 radical (unpaired) electrons. The predicted octanol–water partition coefficient (Wildman–Crippen LogP) is 4.95. The third kappa shape index (κ3) is 3.99. The lowest BCUT2D eigenvalue weighted by Crippen LogP contribution is -2.01. The number of ketones is 1. The van der Waals surface area contributed by atoms with Crippen molar-refractivity contribution in [2.45, 2.75) is 6.92 Å². The number of furan rings is 1. The van der Waals surface area contributed by atoms with Gasteiger partial charge in [0.1, 0.15) is 23.2 Å². The van der Waals surface area contributed by atoms with Gasteiger partial charge in [0.15, 0.2) is 0 Å². The molecular formula is C21H14N2O4. The van der Waals surface area contributed by atoms with Gasteiger partial charge in [0, 0.05) is 29.3 Å². The van der Waals surface area contributed by atoms with Crippen LogP contribution in [0.2, 0.25) is 0 Å². The number of nitrogens with zero attached hydrogens (tertiary/aromatic N) is 2. The van der Waals surface area contributed by atoms with E-state index in [1.54, 1.807) is 42.5 Å². The Morgan fingerprint density at radius 2 is 1.89 bits per heavy atom. The van der Waals surface area contributed by atoms with Crippen molar-refractivity contribution >= 4 is 17.5 Å². The molecule has 0 saturated carbocycles. The first-order valence-corrected chi connectivity index (χ1v) is 8.06. The zero-order valence-corrected chi connectivity index (χ0v) is 14.4. The Balaban J connectivity index is 1.87. The normalized spacial score (nSPS) is 11.0. The number of hydrogen-bond acceptors (Lipinski definition) is 5. The van der Waals surface area contributed by atoms with Crippen LogP contribution in [0.1, 0.15) is 21.7 Å². The molecule has 0 unspecified atom stereocenters. The number of nitro groups is 1. The van der Waals surface area contributed by atoms with Crippen LogP contribution in [-0.4, -0.2) is 10.7 Å². The number of non-ortho nitro benzene ring substituents is 1. The fourth-order valence-electron chi connectivity index (χ4n) is 2.57. The van der Waals surface area contributed by atoms with E-state index in [0.717, 1.165) is 5.56 Å². The van der Waals surface area contributed by atoms with E-state index in [4.69, 9.17) is 4.42 Å². The molecule has 3 rings (SSSR count). The van der Waals surface area contributed by atoms with Gasteiger partial charge >= 0.3 is 0 Å². The minimum atomic E-state index is -0.476. The molecule has 0 saturated heterocycles. The zero-order chi connectivity index (χ0) is 19.4. The summed E-state index contributed by atoms with van der Waals surface area (Å²) >= 11 is 0. The number of allylic oxidation sites excluding steroid dienone is 1. The summed E-state index contributed by atoms with van der Waals surface area (Å²) < 4.78 is 5.66. The van der Waals surface area contributed by atoms with Crippen LogP contribution in [0.25, 0.3) is 17.4 Å². The maximum atomic E-state index is 12.5. The highest BCUT2D eigenvalue weighted by Crippen LogP contribution is 2.26. The molecule has 0 aliphatic rings. The van der Waals surface area contributed by atoms with Gasteiger partial charge in [-0.3, -0.25) is 14.9 Å². The Morgan fingerprint density at radius 3 is 2.52 bits per heavy atom. The van der Waals surface area contributed by atoms with Gasteiger partial charge < -0.3 is 4.42 Å². The second-order valence-electron chi connectivity index (χ2n) is 5.87. The van der Waals surface area contributed by atoms with Gasteiger partial charge in [-0.2, -0.15) is 5.26 Å². The molecular weight excluding hydrogens is 344 g/mol. The first kappa shape index (κ1) is 17.8. The third-order valence-electron chi connectivity index (χ3n) is 3.92. The van der Waals surface area contributed by atoms with Crippen LogP contribution >= 0.6 is 0 Å². The average Bonchev–Trinajstić information content (AvgIpc) is 3.14. The largest absolute Gasteiger partial charge is 0.457 e. The van der Waals surface area contributed by atoms with Crippen molar-refractivity contribution < 1.29 is 14.1 Å². The fourth-order valence-corrected chi connectivity index (χ4v) is 2.57. The lowest BCUT2D eigenvalue weighted by molar-refractivity contribution is -0.384. The first-order valence-electron chi connectivity index (χ1n) is 8.06. The predicted molar refractivity (Wildman–Crippen MR) is 99.9 cm³/mol. The number of carbonyl (C=O) groups is 1. The number of aryl methyl sites for hydroxylation is 1. The molecule has 3 aromatic rings. The highest BCUT2D eigenvalue weighted by molar-refractivity contribution is 6.13. The van der Waals surface area contributed by atoms with Crippen LogP contribution in [0.3, 0.4) is 0 Å². The summed E-state index contributed by atoms with van der Waals surface area (Å²) in [5, 5.41) is 20.1. The summed E-state index contributed by atoms with van der Waals surface area (Å²) in [6.45, 7) is 1.87. The number of rotatable bonds is 5. The summed E-state index contributed by atoms with van der Waals surface area (Å²) in [5.74, 6) is 0.451. The molecule has 1 heterocycles. The summed E-state index contributed by atoms with van der Waals surface area (Å²) in [5.41, 5.74) is 1.97. The number of Topliss-reactive ketones (excluding diaryl/α,β-unsaturated/α-hetero) is 1. The van der Waals surface area contributed by atoms with E-state index in [2.05, 4.69) is 0 Å². The van der Waals surface area contributed by atoms with Crippen molar-refractivity contribution in [3.05, 3.63) is 93.2 Å². The van der Waals surface area contributed by atoms with E-state index in [1.807, 2.05) is 19.1 Å². The van der Waals surface area contributed by atoms with Crippen molar-refractivity contribution in [2.75, 3.05) is 0 Å². The topological polar surface area (TPSA) is 97.1 Å². The quantitative estimate of drug-likeness (QED) is 0.211. The van der Waals surface area contributed by atoms with E-state index in [1.165, 1.54) is 18.2 Å². The number of carbonyl (C=O) groups excluding carboxylic acids is 1. The molecule has 0 N–H and O–H groups in total. The Morgan fingerprint density at radius 1 is 1.15 bits per heavy atom. The molecule has 0 bridgehead atoms. The van der Waals surface area contributed by atoms with Crippen LogP contribution in [0.5, 0.6) is 0 Å². The maximum Gasteiger partial charge on any atom is 0.269 e. The number of nitriles is 1. The van der Waals surface area contributed by atoms with Gasteiger partial charge in [-0.25, -0.2) is 0 Å². The Kier molecular flexibility index (Phi) is 4.95. The Hall–Kier alpha value is -3.98. The molecule has 0 aliphatic carbocycles. The monoisotopic (exact) mass is 358 g/mol. The molecule has 0 amide bonds. The number of hydrogen-bond donors (Lipinski definition) is 0. The highest BCUT2D eigenvalue weighted by Gasteiger charge is 2.14. The van der Waals surface area contributed by atoms with E-state index in [0.29, 0.717) is 22.6 Å². The molecule has 0 atom stereocenters. The Labute approximate surface area is 155 Å². The summed E-state index contributed by atoms with van der Waals surface area (Å²) in [7, 11) is 0. The fraction of sp³-hybridized carbons (Fsp3) is 0.0476. The van der Waals surface area contributed by atoms with Crippen LogP contribution < -0.4 is 0 Å². The molecule has 6 nitrogen and oxygen atoms in total. The molecule has 27 heavy (non-hydrogen) atoms. The summed E-state index contributed by atoms with van der Waals surface area (Å²) in [4.78, 5) is 22.8. The summed E-state index contributed by atoms with van der Waals surface area (Å²) in [6, 6.07) is 18.2. The van der Waals surface area contributed by atoms with Crippen molar-refractivity contribution in [1.29, 1.82) is 5.26 Å². The van der Waals surface area contributed by atoms with Crippen LogP contribution in [0.15, 0.2) is 70.7 Å². The van der Waals surface area contributed by atoms with E-state index >= 15 is 0 Å². The molecule has 6 heteroatoms. The van der Waals surface area contributed by atoms with Gasteiger partial charge in [-0.15, -0.1) is 0 Å². The van der Waals surface area contributed by atoms with E-state index < -0.39 is 4.92 Å². The average molecular weight is 358 g/mol. The summed E-state index contributed by atoms with van der Waals surface area (Å²) in [6.07, 6.45) is 1.39. The molecule has 132 valence electrons. The van der Waals surface area contributed by atoms with Gasteiger partial charge in [0.25, 0.3) is 5.69 Å². The second kappa shape index (κ2) is 7.50. The standard InChI is InChI=1S/C21H14N2O4/c1-14-3-2-4-16(11-14)21(24)17(13-22)12-19-9-10-20(27-19)15-5-7-18(8-6-15)23(25)26/h2-12H,1H3/b17-12+. The highest BCUT2D eigenvalue weighted by atomic mass is 16.6. The van der Waals surface area contributed by atoms with Crippen molar-refractivity contribution in [3.8, 4) is 17.4 Å². The molecule has 1 aromatic heterocycles. The SMILES string of the molecule is Cc1cccc(C(=O)/C(C#N)=C/c2ccc(-c3ccc([N+](=O)[O-])cc3)o2)c1. The molecule has 0 fully saturated rings. The van der Waals surface area contributed by atoms with E-state index in [-0.39, 0.29) is 17.0 Å². The van der Waals surface area contributed by atoms with Gasteiger partial charge in [-0.05, 0) is 37.3 Å². The van der Waals surface area contributed by atoms with Crippen LogP contribution in [-0.2, 0) is 0 Å². The first-order chi connectivity index (χ1) is 13.0. The molecule has 0 spiro atoms. The van der Waals surface area contributed by atoms with E-state index in [9.17, 15) is 20.2 Å². The molecule has 0 aliphatic heterocycles. The number of nitro benzene ring substituents is 1. The smallest absolute Gasteiger partial charge is 0.269 e. The zero-order valence-electron chi connectivity index (χ0n) is 14.4. The van der Waals surface area contributed by atoms with Crippen LogP contribution in [0.4, 0.5) is 5.69 Å². The minimum absolute atomic E-state index is 0.0130. The van der Waals surface area contributed by atoms with Crippen molar-refractivity contribution in [3.63, 3.8) is 0 Å². The Bertz CT molecular complexity index is 1090. The lowest BCUT2D eigenvalue weighted by Gasteiger charge is -2.00. The van der Waals surface area contributed by atoms with Gasteiger partial charge in [-0.1, -0.05) is 23.8 Å². The second-order valence-corrected chi connectivity index (χ2v) is 5.87.